The summed E-state index contributed by atoms with van der Waals surface area (Å²) in [6.45, 7) is 2.22. The van der Waals surface area contributed by atoms with Gasteiger partial charge in [-0.1, -0.05) is 74.4 Å². The lowest BCUT2D eigenvalue weighted by Crippen LogP contribution is -2.23. The Bertz CT molecular complexity index is 464. The average molecular weight is 275 g/mol. The smallest absolute Gasteiger partial charge is 0.166 e. The van der Waals surface area contributed by atoms with Crippen molar-refractivity contribution in [1.29, 1.82) is 0 Å². The van der Waals surface area contributed by atoms with Crippen LogP contribution < -0.4 is 5.19 Å². The van der Waals surface area contributed by atoms with E-state index < -0.39 is 8.11 Å². The molecule has 1 unspecified atom stereocenters. The van der Waals surface area contributed by atoms with Crippen LogP contribution in [0.2, 0.25) is 6.04 Å². The van der Waals surface area contributed by atoms with Gasteiger partial charge in [0.05, 0.1) is 0 Å². The highest BCUT2D eigenvalue weighted by molar-refractivity contribution is 7.14. The molecule has 0 aliphatic rings. The molecule has 2 aromatic rings. The third-order valence-corrected chi connectivity index (χ3v) is 6.62. The van der Waals surface area contributed by atoms with E-state index in [4.69, 9.17) is 11.1 Å². The second-order valence-corrected chi connectivity index (χ2v) is 8.36. The van der Waals surface area contributed by atoms with Gasteiger partial charge in [0.15, 0.2) is 8.11 Å². The van der Waals surface area contributed by atoms with Gasteiger partial charge >= 0.3 is 0 Å². The average Bonchev–Trinajstić information content (AvgIpc) is 2.46. The van der Waals surface area contributed by atoms with Crippen LogP contribution in [0.1, 0.15) is 19.8 Å². The van der Waals surface area contributed by atoms with Gasteiger partial charge < -0.3 is 0 Å². The fourth-order valence-corrected chi connectivity index (χ4v) is 4.67. The van der Waals surface area contributed by atoms with E-state index in [0.29, 0.717) is 0 Å². The molecule has 0 saturated heterocycles. The van der Waals surface area contributed by atoms with Crippen molar-refractivity contribution >= 4 is 24.4 Å². The number of halogens is 1. The first-order valence-corrected chi connectivity index (χ1v) is 9.74. The monoisotopic (exact) mass is 274 g/mol. The van der Waals surface area contributed by atoms with Gasteiger partial charge in [-0.15, -0.1) is 0 Å². The van der Waals surface area contributed by atoms with Gasteiger partial charge in [0.1, 0.15) is 0 Å². The molecule has 0 aliphatic carbocycles. The van der Waals surface area contributed by atoms with Crippen LogP contribution in [0.4, 0.5) is 0 Å². The molecule has 2 rings (SSSR count). The first-order chi connectivity index (χ1) is 8.81. The molecular formula is C16H19ClSi. The van der Waals surface area contributed by atoms with E-state index >= 15 is 0 Å². The maximum atomic E-state index is 6.52. The molecule has 0 aromatic heterocycles. The summed E-state index contributed by atoms with van der Waals surface area (Å²) in [5.74, 6) is 0. The van der Waals surface area contributed by atoms with Gasteiger partial charge in [0, 0.05) is 0 Å². The van der Waals surface area contributed by atoms with Gasteiger partial charge in [0.25, 0.3) is 0 Å². The number of benzene rings is 2. The molecule has 0 amide bonds. The van der Waals surface area contributed by atoms with Gasteiger partial charge in [-0.2, -0.15) is 11.1 Å². The lowest BCUT2D eigenvalue weighted by Gasteiger charge is -2.08. The van der Waals surface area contributed by atoms with Crippen molar-refractivity contribution in [2.45, 2.75) is 25.8 Å². The zero-order valence-corrected chi connectivity index (χ0v) is 12.7. The van der Waals surface area contributed by atoms with Crippen LogP contribution >= 0.6 is 11.1 Å². The van der Waals surface area contributed by atoms with Gasteiger partial charge in [-0.3, -0.25) is 0 Å². The minimum absolute atomic E-state index is 1.20. The Morgan fingerprint density at radius 3 is 2.11 bits per heavy atom. The normalized spacial score (nSPS) is 12.3. The number of rotatable bonds is 5. The van der Waals surface area contributed by atoms with E-state index in [2.05, 4.69) is 55.5 Å². The molecule has 0 nitrogen and oxygen atoms in total. The van der Waals surface area contributed by atoms with E-state index in [1.807, 2.05) is 6.07 Å². The summed E-state index contributed by atoms with van der Waals surface area (Å²) in [6.07, 6.45) is 2.49. The predicted octanol–water partition coefficient (Wildman–Crippen LogP) is 4.32. The van der Waals surface area contributed by atoms with E-state index in [-0.39, 0.29) is 0 Å². The van der Waals surface area contributed by atoms with E-state index in [9.17, 15) is 0 Å². The Kier molecular flexibility index (Phi) is 5.03. The summed E-state index contributed by atoms with van der Waals surface area (Å²) in [5.41, 5.74) is 2.54. The molecule has 0 radical (unpaired) electrons. The molecule has 0 spiro atoms. The summed E-state index contributed by atoms with van der Waals surface area (Å²) in [4.78, 5) is 0. The van der Waals surface area contributed by atoms with E-state index in [1.165, 1.54) is 35.2 Å². The minimum Gasteiger partial charge on any atom is -0.166 e. The number of hydrogen-bond acceptors (Lipinski definition) is 0. The van der Waals surface area contributed by atoms with Gasteiger partial charge in [-0.25, -0.2) is 0 Å². The van der Waals surface area contributed by atoms with Gasteiger partial charge in [0.2, 0.25) is 0 Å². The molecule has 2 heteroatoms. The van der Waals surface area contributed by atoms with Crippen molar-refractivity contribution in [3.05, 3.63) is 54.6 Å². The third-order valence-electron chi connectivity index (χ3n) is 3.19. The van der Waals surface area contributed by atoms with Gasteiger partial charge in [-0.05, 0) is 22.4 Å². The Balaban J connectivity index is 2.10. The summed E-state index contributed by atoms with van der Waals surface area (Å²) < 4.78 is 0. The van der Waals surface area contributed by atoms with Crippen molar-refractivity contribution in [2.75, 3.05) is 0 Å². The van der Waals surface area contributed by atoms with Crippen LogP contribution in [-0.4, -0.2) is 8.11 Å². The minimum atomic E-state index is -1.22. The molecule has 1 atom stereocenters. The van der Waals surface area contributed by atoms with Crippen molar-refractivity contribution in [2.24, 2.45) is 0 Å². The molecule has 0 N–H and O–H groups in total. The third kappa shape index (κ3) is 3.47. The standard InChI is InChI=1S/C16H19ClSi/c1-2-3-13-18(17)16-11-9-15(10-12-16)14-7-5-4-6-8-14/h4-12,18H,2-3,13H2,1H3. The SMILES string of the molecule is CCCC[SiH](Cl)c1ccc(-c2ccccc2)cc1. The van der Waals surface area contributed by atoms with Crippen LogP contribution in [0.3, 0.4) is 0 Å². The maximum Gasteiger partial charge on any atom is 0.171 e. The molecule has 0 saturated carbocycles. The summed E-state index contributed by atoms with van der Waals surface area (Å²) in [6, 6.07) is 20.5. The Morgan fingerprint density at radius 2 is 1.50 bits per heavy atom. The zero-order chi connectivity index (χ0) is 12.8. The van der Waals surface area contributed by atoms with Crippen LogP contribution in [0.25, 0.3) is 11.1 Å². The van der Waals surface area contributed by atoms with Crippen molar-refractivity contribution in [3.63, 3.8) is 0 Å². The van der Waals surface area contributed by atoms with Crippen LogP contribution in [0, 0.1) is 0 Å². The van der Waals surface area contributed by atoms with Crippen molar-refractivity contribution < 1.29 is 0 Å². The molecule has 94 valence electrons. The molecule has 0 aliphatic heterocycles. The second kappa shape index (κ2) is 6.77. The largest absolute Gasteiger partial charge is 0.171 e. The second-order valence-electron chi connectivity index (χ2n) is 4.60. The molecule has 18 heavy (non-hydrogen) atoms. The van der Waals surface area contributed by atoms with Crippen LogP contribution in [-0.2, 0) is 0 Å². The Morgan fingerprint density at radius 1 is 0.889 bits per heavy atom. The summed E-state index contributed by atoms with van der Waals surface area (Å²) in [5, 5.41) is 1.37. The zero-order valence-electron chi connectivity index (χ0n) is 10.8. The van der Waals surface area contributed by atoms with E-state index in [0.717, 1.165) is 0 Å². The topological polar surface area (TPSA) is 0 Å². The van der Waals surface area contributed by atoms with Crippen molar-refractivity contribution in [1.82, 2.24) is 0 Å². The lowest BCUT2D eigenvalue weighted by atomic mass is 10.1. The predicted molar refractivity (Wildman–Crippen MR) is 84.2 cm³/mol. The summed E-state index contributed by atoms with van der Waals surface area (Å²) in [7, 11) is -1.22. The molecule has 0 fully saturated rings. The molecular weight excluding hydrogens is 256 g/mol. The van der Waals surface area contributed by atoms with Crippen LogP contribution in [0.15, 0.2) is 54.6 Å². The number of unbranched alkanes of at least 4 members (excludes halogenated alkanes) is 1. The molecule has 0 bridgehead atoms. The van der Waals surface area contributed by atoms with Crippen molar-refractivity contribution in [3.8, 4) is 11.1 Å². The first-order valence-electron chi connectivity index (χ1n) is 6.60. The molecule has 0 heterocycles. The summed E-state index contributed by atoms with van der Waals surface area (Å²) >= 11 is 6.52. The Labute approximate surface area is 116 Å². The highest BCUT2D eigenvalue weighted by Crippen LogP contribution is 2.18. The maximum absolute atomic E-state index is 6.52. The lowest BCUT2D eigenvalue weighted by molar-refractivity contribution is 0.879. The number of hydrogen-bond donors (Lipinski definition) is 0. The Hall–Kier alpha value is -1.05. The molecule has 2 aromatic carbocycles. The highest BCUT2D eigenvalue weighted by Gasteiger charge is 2.09. The first kappa shape index (κ1) is 13.4. The quantitative estimate of drug-likeness (QED) is 0.563. The fraction of sp³-hybridized carbons (Fsp3) is 0.250. The van der Waals surface area contributed by atoms with Crippen LogP contribution in [0.5, 0.6) is 0 Å². The van der Waals surface area contributed by atoms with E-state index in [1.54, 1.807) is 0 Å². The highest BCUT2D eigenvalue weighted by atomic mass is 35.6. The fourth-order valence-electron chi connectivity index (χ4n) is 2.06.